The van der Waals surface area contributed by atoms with Gasteiger partial charge in [-0.1, -0.05) is 0 Å². The molecule has 0 atom stereocenters. The van der Waals surface area contributed by atoms with Crippen molar-refractivity contribution in [3.63, 3.8) is 0 Å². The van der Waals surface area contributed by atoms with Gasteiger partial charge in [-0.05, 0) is 18.9 Å². The molecule has 0 aliphatic carbocycles. The number of aromatic nitrogens is 2. The van der Waals surface area contributed by atoms with E-state index in [9.17, 15) is 18.0 Å². The molecule has 1 aliphatic rings. The molecular weight excluding hydrogens is 273 g/mol. The maximum Gasteiger partial charge on any atom is 0.401 e. The number of likely N-dealkylation sites (tertiary alicyclic amines) is 1. The van der Waals surface area contributed by atoms with Crippen LogP contribution in [-0.4, -0.2) is 52.6 Å². The maximum atomic E-state index is 12.2. The van der Waals surface area contributed by atoms with Gasteiger partial charge in [0.1, 0.15) is 12.0 Å². The molecule has 1 N–H and O–H groups in total. The lowest BCUT2D eigenvalue weighted by Gasteiger charge is -2.32. The summed E-state index contributed by atoms with van der Waals surface area (Å²) in [4.78, 5) is 20.7. The second-order valence-electron chi connectivity index (χ2n) is 4.73. The number of carbonyl (C=O) groups is 1. The number of amides is 1. The first-order valence-corrected chi connectivity index (χ1v) is 6.30. The molecule has 1 fully saturated rings. The van der Waals surface area contributed by atoms with Crippen molar-refractivity contribution in [3.05, 3.63) is 24.3 Å². The Morgan fingerprint density at radius 3 is 2.65 bits per heavy atom. The molecule has 0 spiro atoms. The molecule has 5 nitrogen and oxygen atoms in total. The van der Waals surface area contributed by atoms with Crippen molar-refractivity contribution >= 4 is 5.91 Å². The molecule has 2 rings (SSSR count). The highest BCUT2D eigenvalue weighted by Crippen LogP contribution is 2.19. The minimum atomic E-state index is -4.17. The van der Waals surface area contributed by atoms with Crippen molar-refractivity contribution in [2.75, 3.05) is 19.6 Å². The first-order chi connectivity index (χ1) is 9.44. The third-order valence-corrected chi connectivity index (χ3v) is 3.14. The number of hydrogen-bond acceptors (Lipinski definition) is 4. The van der Waals surface area contributed by atoms with Gasteiger partial charge >= 0.3 is 6.18 Å². The lowest BCUT2D eigenvalue weighted by atomic mass is 10.0. The molecule has 0 saturated carbocycles. The van der Waals surface area contributed by atoms with Crippen LogP contribution < -0.4 is 5.32 Å². The number of halogens is 3. The summed E-state index contributed by atoms with van der Waals surface area (Å²) in [6, 6.07) is 1.38. The first-order valence-electron chi connectivity index (χ1n) is 6.30. The molecule has 0 radical (unpaired) electrons. The number of nitrogens with one attached hydrogen (secondary N) is 1. The van der Waals surface area contributed by atoms with Gasteiger partial charge < -0.3 is 5.32 Å². The Labute approximate surface area is 114 Å². The molecule has 1 aromatic rings. The highest BCUT2D eigenvalue weighted by Gasteiger charge is 2.32. The molecule has 1 saturated heterocycles. The second-order valence-corrected chi connectivity index (χ2v) is 4.73. The maximum absolute atomic E-state index is 12.2. The van der Waals surface area contributed by atoms with Crippen LogP contribution in [0.25, 0.3) is 0 Å². The molecular formula is C12H15F3N4O. The van der Waals surface area contributed by atoms with Gasteiger partial charge in [0.2, 0.25) is 0 Å². The smallest absolute Gasteiger partial charge is 0.348 e. The predicted molar refractivity (Wildman–Crippen MR) is 65.0 cm³/mol. The van der Waals surface area contributed by atoms with Gasteiger partial charge in [0.05, 0.1) is 6.54 Å². The van der Waals surface area contributed by atoms with E-state index in [-0.39, 0.29) is 17.6 Å². The van der Waals surface area contributed by atoms with Crippen LogP contribution in [0.5, 0.6) is 0 Å². The summed E-state index contributed by atoms with van der Waals surface area (Å²) in [5.41, 5.74) is 0.262. The van der Waals surface area contributed by atoms with E-state index >= 15 is 0 Å². The summed E-state index contributed by atoms with van der Waals surface area (Å²) in [6.45, 7) is -0.234. The Morgan fingerprint density at radius 1 is 1.40 bits per heavy atom. The lowest BCUT2D eigenvalue weighted by molar-refractivity contribution is -0.148. The minimum absolute atomic E-state index is 0.109. The fourth-order valence-electron chi connectivity index (χ4n) is 2.17. The van der Waals surface area contributed by atoms with Crippen LogP contribution >= 0.6 is 0 Å². The minimum Gasteiger partial charge on any atom is -0.348 e. The van der Waals surface area contributed by atoms with Crippen LogP contribution in [0.3, 0.4) is 0 Å². The quantitative estimate of drug-likeness (QED) is 0.909. The van der Waals surface area contributed by atoms with Gasteiger partial charge in [0.25, 0.3) is 5.91 Å². The summed E-state index contributed by atoms with van der Waals surface area (Å²) in [6.07, 6.45) is -0.411. The van der Waals surface area contributed by atoms with Crippen LogP contribution in [0.1, 0.15) is 23.3 Å². The Morgan fingerprint density at radius 2 is 2.10 bits per heavy atom. The van der Waals surface area contributed by atoms with Crippen LogP contribution in [-0.2, 0) is 0 Å². The van der Waals surface area contributed by atoms with E-state index in [2.05, 4.69) is 15.3 Å². The van der Waals surface area contributed by atoms with Gasteiger partial charge in [-0.3, -0.25) is 9.69 Å². The zero-order valence-corrected chi connectivity index (χ0v) is 10.7. The van der Waals surface area contributed by atoms with Gasteiger partial charge in [0, 0.05) is 25.3 Å². The van der Waals surface area contributed by atoms with Gasteiger partial charge in [-0.2, -0.15) is 13.2 Å². The zero-order chi connectivity index (χ0) is 14.6. The second kappa shape index (κ2) is 6.17. The average molecular weight is 288 g/mol. The average Bonchev–Trinajstić information content (AvgIpc) is 2.40. The SMILES string of the molecule is O=C(NC1CCN(CC(F)(F)F)CC1)c1ccncn1. The molecule has 0 bridgehead atoms. The predicted octanol–water partition coefficient (Wildman–Crippen LogP) is 1.23. The monoisotopic (exact) mass is 288 g/mol. The van der Waals surface area contributed by atoms with Crippen LogP contribution in [0, 0.1) is 0 Å². The number of carbonyl (C=O) groups excluding carboxylic acids is 1. The third kappa shape index (κ3) is 4.44. The topological polar surface area (TPSA) is 58.1 Å². The lowest BCUT2D eigenvalue weighted by Crippen LogP contribution is -2.47. The molecule has 2 heterocycles. The Bertz CT molecular complexity index is 444. The van der Waals surface area contributed by atoms with E-state index in [4.69, 9.17) is 0 Å². The van der Waals surface area contributed by atoms with Crippen LogP contribution in [0.2, 0.25) is 0 Å². The van der Waals surface area contributed by atoms with E-state index < -0.39 is 12.7 Å². The summed E-state index contributed by atoms with van der Waals surface area (Å²) in [7, 11) is 0. The first kappa shape index (κ1) is 14.7. The van der Waals surface area contributed by atoms with Crippen molar-refractivity contribution in [1.82, 2.24) is 20.2 Å². The fourth-order valence-corrected chi connectivity index (χ4v) is 2.17. The van der Waals surface area contributed by atoms with Gasteiger partial charge in [-0.15, -0.1) is 0 Å². The van der Waals surface area contributed by atoms with Gasteiger partial charge in [-0.25, -0.2) is 9.97 Å². The molecule has 20 heavy (non-hydrogen) atoms. The zero-order valence-electron chi connectivity index (χ0n) is 10.7. The van der Waals surface area contributed by atoms with Crippen LogP contribution in [0.15, 0.2) is 18.6 Å². The molecule has 0 unspecified atom stereocenters. The molecule has 8 heteroatoms. The molecule has 0 aromatic carbocycles. The molecule has 1 aliphatic heterocycles. The fraction of sp³-hybridized carbons (Fsp3) is 0.583. The third-order valence-electron chi connectivity index (χ3n) is 3.14. The van der Waals surface area contributed by atoms with E-state index in [1.165, 1.54) is 23.5 Å². The van der Waals surface area contributed by atoms with Crippen molar-refractivity contribution in [2.45, 2.75) is 25.1 Å². The number of rotatable bonds is 3. The van der Waals surface area contributed by atoms with Crippen molar-refractivity contribution in [3.8, 4) is 0 Å². The molecule has 1 amide bonds. The Hall–Kier alpha value is -1.70. The highest BCUT2D eigenvalue weighted by atomic mass is 19.4. The van der Waals surface area contributed by atoms with Crippen molar-refractivity contribution in [1.29, 1.82) is 0 Å². The number of alkyl halides is 3. The van der Waals surface area contributed by atoms with Crippen LogP contribution in [0.4, 0.5) is 13.2 Å². The standard InChI is InChI=1S/C12H15F3N4O/c13-12(14,15)7-19-5-2-9(3-6-19)18-11(20)10-1-4-16-8-17-10/h1,4,8-9H,2-3,5-7H2,(H,18,20). The Kier molecular flexibility index (Phi) is 4.53. The summed E-state index contributed by atoms with van der Waals surface area (Å²) >= 11 is 0. The summed E-state index contributed by atoms with van der Waals surface area (Å²) in [5, 5.41) is 2.78. The number of hydrogen-bond donors (Lipinski definition) is 1. The largest absolute Gasteiger partial charge is 0.401 e. The van der Waals surface area contributed by atoms with Gasteiger partial charge in [0.15, 0.2) is 0 Å². The number of piperidine rings is 1. The summed E-state index contributed by atoms with van der Waals surface area (Å²) < 4.78 is 36.7. The van der Waals surface area contributed by atoms with Crippen molar-refractivity contribution in [2.24, 2.45) is 0 Å². The highest BCUT2D eigenvalue weighted by molar-refractivity contribution is 5.92. The van der Waals surface area contributed by atoms with Crippen molar-refractivity contribution < 1.29 is 18.0 Å². The molecule has 110 valence electrons. The Balaban J connectivity index is 1.79. The van der Waals surface area contributed by atoms with E-state index in [1.54, 1.807) is 0 Å². The van der Waals surface area contributed by atoms with E-state index in [0.717, 1.165) is 0 Å². The van der Waals surface area contributed by atoms with E-state index in [1.807, 2.05) is 0 Å². The normalized spacial score (nSPS) is 17.9. The molecule has 1 aromatic heterocycles. The number of nitrogens with zero attached hydrogens (tertiary/aromatic N) is 3. The summed E-state index contributed by atoms with van der Waals surface area (Å²) in [5.74, 6) is -0.318. The van der Waals surface area contributed by atoms with E-state index in [0.29, 0.717) is 25.9 Å².